The Hall–Kier alpha value is -2.30. The molecule has 24 heavy (non-hydrogen) atoms. The molecule has 1 aliphatic heterocycles. The zero-order chi connectivity index (χ0) is 17.3. The molecule has 0 unspecified atom stereocenters. The fourth-order valence-corrected chi connectivity index (χ4v) is 3.47. The summed E-state index contributed by atoms with van der Waals surface area (Å²) in [4.78, 5) is 24.6. The van der Waals surface area contributed by atoms with Gasteiger partial charge in [-0.05, 0) is 22.9 Å². The number of para-hydroxylation sites is 1. The van der Waals surface area contributed by atoms with Crippen molar-refractivity contribution < 1.29 is 9.59 Å². The maximum atomic E-state index is 12.5. The highest BCUT2D eigenvalue weighted by molar-refractivity contribution is 6.02. The molecule has 5 heteroatoms. The van der Waals surface area contributed by atoms with E-state index >= 15 is 0 Å². The van der Waals surface area contributed by atoms with Crippen LogP contribution in [0.5, 0.6) is 0 Å². The zero-order valence-corrected chi connectivity index (χ0v) is 14.5. The monoisotopic (exact) mass is 327 g/mol. The highest BCUT2D eigenvalue weighted by atomic mass is 16.2. The largest absolute Gasteiger partial charge is 0.355 e. The molecule has 2 atom stereocenters. The number of benzene rings is 1. The molecular weight excluding hydrogens is 302 g/mol. The first kappa shape index (κ1) is 16.6. The molecule has 2 N–H and O–H groups in total. The van der Waals surface area contributed by atoms with E-state index in [9.17, 15) is 9.59 Å². The second-order valence-electron chi connectivity index (χ2n) is 7.55. The Kier molecular flexibility index (Phi) is 4.35. The molecule has 2 aromatic rings. The molecule has 128 valence electrons. The van der Waals surface area contributed by atoms with Gasteiger partial charge in [0.05, 0.1) is 0 Å². The molecule has 0 aliphatic carbocycles. The van der Waals surface area contributed by atoms with Gasteiger partial charge in [-0.2, -0.15) is 0 Å². The van der Waals surface area contributed by atoms with E-state index in [2.05, 4.69) is 54.2 Å². The van der Waals surface area contributed by atoms with E-state index < -0.39 is 5.92 Å². The van der Waals surface area contributed by atoms with E-state index in [1.807, 2.05) is 18.3 Å². The summed E-state index contributed by atoms with van der Waals surface area (Å²) in [7, 11) is 0. The van der Waals surface area contributed by atoms with Crippen LogP contribution < -0.4 is 10.6 Å². The van der Waals surface area contributed by atoms with Crippen LogP contribution in [0.2, 0.25) is 0 Å². The van der Waals surface area contributed by atoms with Gasteiger partial charge in [0.15, 0.2) is 0 Å². The first-order valence-electron chi connectivity index (χ1n) is 8.47. The summed E-state index contributed by atoms with van der Waals surface area (Å²) < 4.78 is 2.12. The first-order chi connectivity index (χ1) is 11.4. The molecule has 1 aromatic heterocycles. The lowest BCUT2D eigenvalue weighted by Gasteiger charge is -2.29. The minimum atomic E-state index is -0.591. The number of hydrogen-bond acceptors (Lipinski definition) is 2. The van der Waals surface area contributed by atoms with Crippen molar-refractivity contribution in [2.45, 2.75) is 27.3 Å². The molecule has 0 saturated carbocycles. The summed E-state index contributed by atoms with van der Waals surface area (Å²) in [5.41, 5.74) is 1.07. The third-order valence-electron chi connectivity index (χ3n) is 4.91. The average Bonchev–Trinajstić information content (AvgIpc) is 3.11. The fraction of sp³-hybridized carbons (Fsp3) is 0.474. The summed E-state index contributed by atoms with van der Waals surface area (Å²) >= 11 is 0. The van der Waals surface area contributed by atoms with E-state index in [4.69, 9.17) is 0 Å². The number of carbonyl (C=O) groups excluding carboxylic acids is 2. The van der Waals surface area contributed by atoms with Gasteiger partial charge in [0.1, 0.15) is 5.92 Å². The Balaban J connectivity index is 1.62. The van der Waals surface area contributed by atoms with Gasteiger partial charge >= 0.3 is 0 Å². The Labute approximate surface area is 142 Å². The lowest BCUT2D eigenvalue weighted by atomic mass is 9.74. The van der Waals surface area contributed by atoms with Crippen LogP contribution in [0, 0.1) is 17.3 Å². The van der Waals surface area contributed by atoms with Crippen LogP contribution >= 0.6 is 0 Å². The van der Waals surface area contributed by atoms with Crippen molar-refractivity contribution in [3.8, 4) is 0 Å². The lowest BCUT2D eigenvalue weighted by molar-refractivity contribution is -0.135. The SMILES string of the molecule is CC(C)(C)[C@@H]1CNC(=O)[C@H]1C(=O)NCCn1ccc2ccccc21. The quantitative estimate of drug-likeness (QED) is 0.845. The van der Waals surface area contributed by atoms with Crippen molar-refractivity contribution in [1.29, 1.82) is 0 Å². The minimum absolute atomic E-state index is 0.0254. The Morgan fingerprint density at radius 3 is 2.79 bits per heavy atom. The van der Waals surface area contributed by atoms with E-state index in [1.165, 1.54) is 5.39 Å². The predicted molar refractivity (Wildman–Crippen MR) is 94.4 cm³/mol. The Bertz CT molecular complexity index is 757. The molecule has 5 nitrogen and oxygen atoms in total. The molecule has 0 spiro atoms. The normalized spacial score (nSPS) is 21.0. The van der Waals surface area contributed by atoms with Gasteiger partial charge < -0.3 is 15.2 Å². The van der Waals surface area contributed by atoms with Crippen LogP contribution in [-0.2, 0) is 16.1 Å². The molecule has 1 fully saturated rings. The second kappa shape index (κ2) is 6.30. The Morgan fingerprint density at radius 1 is 1.29 bits per heavy atom. The average molecular weight is 327 g/mol. The molecule has 1 aromatic carbocycles. The molecule has 2 amide bonds. The van der Waals surface area contributed by atoms with Gasteiger partial charge in [0.25, 0.3) is 0 Å². The number of aromatic nitrogens is 1. The number of nitrogens with one attached hydrogen (secondary N) is 2. The van der Waals surface area contributed by atoms with Crippen molar-refractivity contribution >= 4 is 22.7 Å². The molecule has 0 radical (unpaired) electrons. The number of carbonyl (C=O) groups is 2. The minimum Gasteiger partial charge on any atom is -0.355 e. The zero-order valence-electron chi connectivity index (χ0n) is 14.5. The maximum absolute atomic E-state index is 12.5. The molecule has 2 heterocycles. The summed E-state index contributed by atoms with van der Waals surface area (Å²) in [6, 6.07) is 10.2. The van der Waals surface area contributed by atoms with Gasteiger partial charge in [-0.3, -0.25) is 9.59 Å². The van der Waals surface area contributed by atoms with Crippen LogP contribution in [0.4, 0.5) is 0 Å². The van der Waals surface area contributed by atoms with E-state index in [0.717, 1.165) is 5.52 Å². The lowest BCUT2D eigenvalue weighted by Crippen LogP contribution is -2.41. The van der Waals surface area contributed by atoms with E-state index in [1.54, 1.807) is 0 Å². The highest BCUT2D eigenvalue weighted by Gasteiger charge is 2.45. The molecule has 3 rings (SSSR count). The van der Waals surface area contributed by atoms with Gasteiger partial charge in [-0.1, -0.05) is 39.0 Å². The predicted octanol–water partition coefficient (Wildman–Crippen LogP) is 2.17. The number of rotatable bonds is 4. The topological polar surface area (TPSA) is 63.1 Å². The van der Waals surface area contributed by atoms with Crippen LogP contribution in [-0.4, -0.2) is 29.5 Å². The summed E-state index contributed by atoms with van der Waals surface area (Å²) in [6.07, 6.45) is 2.02. The second-order valence-corrected chi connectivity index (χ2v) is 7.55. The van der Waals surface area contributed by atoms with Gasteiger partial charge in [-0.15, -0.1) is 0 Å². The molecule has 0 bridgehead atoms. The number of amides is 2. The number of hydrogen-bond donors (Lipinski definition) is 2. The summed E-state index contributed by atoms with van der Waals surface area (Å²) in [5, 5.41) is 6.96. The highest BCUT2D eigenvalue weighted by Crippen LogP contribution is 2.35. The maximum Gasteiger partial charge on any atom is 0.233 e. The van der Waals surface area contributed by atoms with Crippen LogP contribution in [0.3, 0.4) is 0 Å². The Morgan fingerprint density at radius 2 is 2.04 bits per heavy atom. The van der Waals surface area contributed by atoms with Crippen LogP contribution in [0.1, 0.15) is 20.8 Å². The van der Waals surface area contributed by atoms with E-state index in [0.29, 0.717) is 19.6 Å². The van der Waals surface area contributed by atoms with E-state index in [-0.39, 0.29) is 23.1 Å². The van der Waals surface area contributed by atoms with Gasteiger partial charge in [0.2, 0.25) is 11.8 Å². The van der Waals surface area contributed by atoms with Crippen molar-refractivity contribution in [3.05, 3.63) is 36.5 Å². The van der Waals surface area contributed by atoms with Crippen molar-refractivity contribution in [2.24, 2.45) is 17.3 Å². The first-order valence-corrected chi connectivity index (χ1v) is 8.47. The standard InChI is InChI=1S/C19H25N3O2/c1-19(2,3)14-12-21-18(24)16(14)17(23)20-9-11-22-10-8-13-6-4-5-7-15(13)22/h4-8,10,14,16H,9,11-12H2,1-3H3,(H,20,23)(H,21,24)/t14-,16-/m1/s1. The summed E-state index contributed by atoms with van der Waals surface area (Å²) in [6.45, 7) is 7.99. The summed E-state index contributed by atoms with van der Waals surface area (Å²) in [5.74, 6) is -0.885. The smallest absolute Gasteiger partial charge is 0.233 e. The van der Waals surface area contributed by atoms with Gasteiger partial charge in [0, 0.05) is 37.3 Å². The van der Waals surface area contributed by atoms with Crippen LogP contribution in [0.15, 0.2) is 36.5 Å². The number of fused-ring (bicyclic) bond motifs is 1. The van der Waals surface area contributed by atoms with Crippen molar-refractivity contribution in [1.82, 2.24) is 15.2 Å². The molecular formula is C19H25N3O2. The molecule has 1 aliphatic rings. The third kappa shape index (κ3) is 3.16. The van der Waals surface area contributed by atoms with Crippen molar-refractivity contribution in [2.75, 3.05) is 13.1 Å². The van der Waals surface area contributed by atoms with Crippen LogP contribution in [0.25, 0.3) is 10.9 Å². The number of nitrogens with zero attached hydrogens (tertiary/aromatic N) is 1. The van der Waals surface area contributed by atoms with Gasteiger partial charge in [-0.25, -0.2) is 0 Å². The molecule has 1 saturated heterocycles. The fourth-order valence-electron chi connectivity index (χ4n) is 3.47. The van der Waals surface area contributed by atoms with Crippen molar-refractivity contribution in [3.63, 3.8) is 0 Å². The third-order valence-corrected chi connectivity index (χ3v) is 4.91.